The van der Waals surface area contributed by atoms with Crippen LogP contribution in [-0.2, 0) is 9.53 Å². The number of rotatable bonds is 5. The van der Waals surface area contributed by atoms with Gasteiger partial charge in [-0.2, -0.15) is 0 Å². The van der Waals surface area contributed by atoms with Gasteiger partial charge < -0.3 is 4.74 Å². The molecule has 4 heteroatoms. The molecule has 0 spiro atoms. The van der Waals surface area contributed by atoms with Crippen LogP contribution in [-0.4, -0.2) is 17.6 Å². The van der Waals surface area contributed by atoms with E-state index >= 15 is 0 Å². The lowest BCUT2D eigenvalue weighted by molar-refractivity contribution is -0.128. The van der Waals surface area contributed by atoms with Gasteiger partial charge in [-0.15, -0.1) is 0 Å². The van der Waals surface area contributed by atoms with Crippen molar-refractivity contribution >= 4 is 17.7 Å². The number of carbonyl (C=O) groups is 2. The molecule has 20 heavy (non-hydrogen) atoms. The Morgan fingerprint density at radius 1 is 1.10 bits per heavy atom. The lowest BCUT2D eigenvalue weighted by atomic mass is 9.87. The Bertz CT molecular complexity index is 458. The van der Waals surface area contributed by atoms with Crippen molar-refractivity contribution in [3.05, 3.63) is 30.3 Å². The number of anilines is 1. The van der Waals surface area contributed by atoms with Crippen LogP contribution in [0.1, 0.15) is 46.0 Å². The van der Waals surface area contributed by atoms with Crippen LogP contribution in [0.3, 0.4) is 0 Å². The second-order valence-corrected chi connectivity index (χ2v) is 5.29. The van der Waals surface area contributed by atoms with Crippen LogP contribution >= 0.6 is 0 Å². The van der Waals surface area contributed by atoms with Gasteiger partial charge >= 0.3 is 6.09 Å². The summed E-state index contributed by atoms with van der Waals surface area (Å²) in [5, 5.41) is 0. The summed E-state index contributed by atoms with van der Waals surface area (Å²) in [7, 11) is 0. The molecular formula is C16H21NO3. The fraction of sp³-hybridized carbons (Fsp3) is 0.500. The molecule has 1 fully saturated rings. The van der Waals surface area contributed by atoms with Crippen LogP contribution in [0, 0.1) is 0 Å². The van der Waals surface area contributed by atoms with E-state index in [1.807, 2.05) is 19.9 Å². The van der Waals surface area contributed by atoms with Gasteiger partial charge in [-0.05, 0) is 25.0 Å². The van der Waals surface area contributed by atoms with Crippen LogP contribution in [0.25, 0.3) is 0 Å². The Morgan fingerprint density at radius 2 is 1.70 bits per heavy atom. The molecule has 1 aromatic rings. The number of cyclic esters (lactones) is 1. The molecule has 2 rings (SSSR count). The predicted octanol–water partition coefficient (Wildman–Crippen LogP) is 3.90. The Hall–Kier alpha value is -1.84. The standard InChI is InChI=1S/C16H21NO3/c1-3-10-16(11-4-2)12-14(18)17(15(19)20-16)13-8-6-5-7-9-13/h5-9H,3-4,10-12H2,1-2H3. The molecule has 0 aromatic heterocycles. The number of amides is 2. The van der Waals surface area contributed by atoms with Crippen LogP contribution in [0.5, 0.6) is 0 Å². The monoisotopic (exact) mass is 275 g/mol. The van der Waals surface area contributed by atoms with Gasteiger partial charge in [0.05, 0.1) is 12.1 Å². The first kappa shape index (κ1) is 14.6. The number of imide groups is 1. The SMILES string of the molecule is CCCC1(CCC)CC(=O)N(c2ccccc2)C(=O)O1. The minimum Gasteiger partial charge on any atom is -0.442 e. The largest absolute Gasteiger partial charge is 0.442 e. The zero-order valence-electron chi connectivity index (χ0n) is 12.1. The van der Waals surface area contributed by atoms with E-state index in [1.165, 1.54) is 0 Å². The maximum absolute atomic E-state index is 12.4. The molecule has 1 aliphatic rings. The van der Waals surface area contributed by atoms with E-state index in [4.69, 9.17) is 4.74 Å². The highest BCUT2D eigenvalue weighted by Gasteiger charge is 2.44. The Morgan fingerprint density at radius 3 is 2.20 bits per heavy atom. The molecule has 4 nitrogen and oxygen atoms in total. The average Bonchev–Trinajstić information content (AvgIpc) is 2.39. The minimum atomic E-state index is -0.608. The van der Waals surface area contributed by atoms with E-state index in [0.29, 0.717) is 5.69 Å². The lowest BCUT2D eigenvalue weighted by Gasteiger charge is -2.39. The summed E-state index contributed by atoms with van der Waals surface area (Å²) in [5.41, 5.74) is -0.0349. The number of para-hydroxylation sites is 1. The summed E-state index contributed by atoms with van der Waals surface area (Å²) >= 11 is 0. The van der Waals surface area contributed by atoms with Crippen molar-refractivity contribution < 1.29 is 14.3 Å². The second-order valence-electron chi connectivity index (χ2n) is 5.29. The summed E-state index contributed by atoms with van der Waals surface area (Å²) in [4.78, 5) is 25.8. The Labute approximate surface area is 119 Å². The highest BCUT2D eigenvalue weighted by atomic mass is 16.6. The number of carbonyl (C=O) groups excluding carboxylic acids is 2. The smallest absolute Gasteiger partial charge is 0.421 e. The zero-order valence-corrected chi connectivity index (χ0v) is 12.1. The Kier molecular flexibility index (Phi) is 4.42. The number of ether oxygens (including phenoxy) is 1. The number of benzene rings is 1. The summed E-state index contributed by atoms with van der Waals surface area (Å²) in [6.45, 7) is 4.08. The molecule has 108 valence electrons. The molecule has 0 radical (unpaired) electrons. The van der Waals surface area contributed by atoms with Gasteiger partial charge in [0, 0.05) is 0 Å². The van der Waals surface area contributed by atoms with Crippen molar-refractivity contribution in [2.45, 2.75) is 51.6 Å². The highest BCUT2D eigenvalue weighted by molar-refractivity contribution is 6.14. The molecule has 0 bridgehead atoms. The molecule has 1 heterocycles. The quantitative estimate of drug-likeness (QED) is 0.818. The van der Waals surface area contributed by atoms with E-state index in [9.17, 15) is 9.59 Å². The van der Waals surface area contributed by atoms with E-state index < -0.39 is 11.7 Å². The second kappa shape index (κ2) is 6.07. The molecule has 1 saturated heterocycles. The van der Waals surface area contributed by atoms with Gasteiger partial charge in [-0.1, -0.05) is 44.9 Å². The summed E-state index contributed by atoms with van der Waals surface area (Å²) < 4.78 is 5.66. The van der Waals surface area contributed by atoms with E-state index in [2.05, 4.69) is 0 Å². The van der Waals surface area contributed by atoms with Crippen molar-refractivity contribution in [3.8, 4) is 0 Å². The van der Waals surface area contributed by atoms with Crippen molar-refractivity contribution in [2.75, 3.05) is 4.90 Å². The van der Waals surface area contributed by atoms with E-state index in [-0.39, 0.29) is 12.3 Å². The molecule has 0 unspecified atom stereocenters. The van der Waals surface area contributed by atoms with Crippen LogP contribution in [0.4, 0.5) is 10.5 Å². The van der Waals surface area contributed by atoms with Crippen LogP contribution in [0.15, 0.2) is 30.3 Å². The summed E-state index contributed by atoms with van der Waals surface area (Å²) in [5.74, 6) is -0.172. The fourth-order valence-corrected chi connectivity index (χ4v) is 2.86. The first-order valence-corrected chi connectivity index (χ1v) is 7.23. The van der Waals surface area contributed by atoms with Gasteiger partial charge in [-0.25, -0.2) is 9.69 Å². The molecule has 1 aromatic carbocycles. The van der Waals surface area contributed by atoms with Crippen molar-refractivity contribution in [2.24, 2.45) is 0 Å². The van der Waals surface area contributed by atoms with E-state index in [1.54, 1.807) is 24.3 Å². The maximum atomic E-state index is 12.4. The molecular weight excluding hydrogens is 254 g/mol. The Balaban J connectivity index is 2.24. The maximum Gasteiger partial charge on any atom is 0.421 e. The van der Waals surface area contributed by atoms with E-state index in [0.717, 1.165) is 30.6 Å². The van der Waals surface area contributed by atoms with Gasteiger partial charge in [0.1, 0.15) is 5.60 Å². The number of hydrogen-bond donors (Lipinski definition) is 0. The zero-order chi connectivity index (χ0) is 14.6. The number of nitrogens with zero attached hydrogens (tertiary/aromatic N) is 1. The first-order valence-electron chi connectivity index (χ1n) is 7.23. The normalized spacial score (nSPS) is 18.0. The molecule has 2 amide bonds. The highest BCUT2D eigenvalue weighted by Crippen LogP contribution is 2.35. The molecule has 0 atom stereocenters. The van der Waals surface area contributed by atoms with Gasteiger partial charge in [-0.3, -0.25) is 4.79 Å². The fourth-order valence-electron chi connectivity index (χ4n) is 2.86. The molecule has 0 aliphatic carbocycles. The van der Waals surface area contributed by atoms with Crippen molar-refractivity contribution in [1.29, 1.82) is 0 Å². The topological polar surface area (TPSA) is 46.6 Å². The van der Waals surface area contributed by atoms with Crippen LogP contribution in [0.2, 0.25) is 0 Å². The summed E-state index contributed by atoms with van der Waals surface area (Å²) in [6, 6.07) is 8.94. The van der Waals surface area contributed by atoms with Crippen LogP contribution < -0.4 is 4.90 Å². The van der Waals surface area contributed by atoms with Gasteiger partial charge in [0.2, 0.25) is 5.91 Å². The molecule has 0 N–H and O–H groups in total. The molecule has 1 aliphatic heterocycles. The lowest BCUT2D eigenvalue weighted by Crippen LogP contribution is -2.53. The number of hydrogen-bond acceptors (Lipinski definition) is 3. The average molecular weight is 275 g/mol. The first-order chi connectivity index (χ1) is 9.62. The predicted molar refractivity (Wildman–Crippen MR) is 77.6 cm³/mol. The van der Waals surface area contributed by atoms with Crippen molar-refractivity contribution in [1.82, 2.24) is 0 Å². The molecule has 0 saturated carbocycles. The van der Waals surface area contributed by atoms with Crippen molar-refractivity contribution in [3.63, 3.8) is 0 Å². The third-order valence-corrected chi connectivity index (χ3v) is 3.63. The third kappa shape index (κ3) is 2.84. The minimum absolute atomic E-state index is 0.172. The van der Waals surface area contributed by atoms with Gasteiger partial charge in [0.25, 0.3) is 0 Å². The third-order valence-electron chi connectivity index (χ3n) is 3.63. The summed E-state index contributed by atoms with van der Waals surface area (Å²) in [6.07, 6.45) is 2.99. The van der Waals surface area contributed by atoms with Gasteiger partial charge in [0.15, 0.2) is 0 Å².